The molecule has 8 heteroatoms. The first-order valence-corrected chi connectivity index (χ1v) is 5.83. The van der Waals surface area contributed by atoms with E-state index in [1.165, 1.54) is 6.33 Å². The summed E-state index contributed by atoms with van der Waals surface area (Å²) in [5.74, 6) is 0.329. The predicted octanol–water partition coefficient (Wildman–Crippen LogP) is -1.38. The molecule has 1 aliphatic heterocycles. The fourth-order valence-electron chi connectivity index (χ4n) is 2.31. The van der Waals surface area contributed by atoms with Gasteiger partial charge in [-0.2, -0.15) is 0 Å². The molecule has 2 unspecified atom stereocenters. The minimum atomic E-state index is -1.15. The van der Waals surface area contributed by atoms with Crippen LogP contribution >= 0.6 is 0 Å². The molecule has 8 nitrogen and oxygen atoms in total. The average Bonchev–Trinajstić information content (AvgIpc) is 2.94. The van der Waals surface area contributed by atoms with E-state index in [1.54, 1.807) is 16.8 Å². The number of nitrogen functional groups attached to an aromatic ring is 1. The lowest BCUT2D eigenvalue weighted by atomic mass is 10.1. The first-order chi connectivity index (χ1) is 9.13. The fourth-order valence-corrected chi connectivity index (χ4v) is 2.31. The van der Waals surface area contributed by atoms with Gasteiger partial charge < -0.3 is 30.4 Å². The highest BCUT2D eigenvalue weighted by molar-refractivity contribution is 5.86. The molecule has 0 bridgehead atoms. The van der Waals surface area contributed by atoms with Crippen molar-refractivity contribution in [2.45, 2.75) is 24.5 Å². The molecular formula is C11H14N4O4. The normalized spacial score (nSPS) is 31.1. The second-order valence-corrected chi connectivity index (χ2v) is 4.45. The van der Waals surface area contributed by atoms with Crippen molar-refractivity contribution in [2.24, 2.45) is 0 Å². The van der Waals surface area contributed by atoms with Crippen LogP contribution in [-0.2, 0) is 4.74 Å². The van der Waals surface area contributed by atoms with Crippen molar-refractivity contribution in [1.29, 1.82) is 0 Å². The Morgan fingerprint density at radius 2 is 2.11 bits per heavy atom. The van der Waals surface area contributed by atoms with E-state index in [9.17, 15) is 10.2 Å². The topological polar surface area (TPSA) is 127 Å². The molecule has 0 amide bonds. The molecule has 1 aliphatic rings. The summed E-state index contributed by atoms with van der Waals surface area (Å²) in [6.07, 6.45) is -0.975. The van der Waals surface area contributed by atoms with Crippen LogP contribution in [0.2, 0.25) is 0 Å². The highest BCUT2D eigenvalue weighted by Crippen LogP contribution is 2.32. The number of hydrogen-bond donors (Lipinski definition) is 4. The van der Waals surface area contributed by atoms with Crippen molar-refractivity contribution in [2.75, 3.05) is 12.3 Å². The van der Waals surface area contributed by atoms with E-state index < -0.39 is 24.5 Å². The molecule has 4 atom stereocenters. The molecule has 0 radical (unpaired) electrons. The smallest absolute Gasteiger partial charge is 0.164 e. The Balaban J connectivity index is 2.04. The van der Waals surface area contributed by atoms with Crippen LogP contribution in [0.15, 0.2) is 18.6 Å². The lowest BCUT2D eigenvalue weighted by Crippen LogP contribution is -2.33. The van der Waals surface area contributed by atoms with Crippen LogP contribution in [0.1, 0.15) is 6.23 Å². The van der Waals surface area contributed by atoms with Crippen LogP contribution in [-0.4, -0.2) is 54.8 Å². The fraction of sp³-hybridized carbons (Fsp3) is 0.455. The van der Waals surface area contributed by atoms with Crippen molar-refractivity contribution in [3.63, 3.8) is 0 Å². The van der Waals surface area contributed by atoms with Gasteiger partial charge in [-0.1, -0.05) is 0 Å². The summed E-state index contributed by atoms with van der Waals surface area (Å²) in [5.41, 5.74) is 6.23. The summed E-state index contributed by atoms with van der Waals surface area (Å²) >= 11 is 0. The maximum absolute atomic E-state index is 9.98. The molecule has 102 valence electrons. The third kappa shape index (κ3) is 1.77. The molecule has 19 heavy (non-hydrogen) atoms. The summed E-state index contributed by atoms with van der Waals surface area (Å²) in [4.78, 5) is 7.97. The monoisotopic (exact) mass is 266 g/mol. The zero-order valence-corrected chi connectivity index (χ0v) is 9.92. The number of aliphatic hydroxyl groups is 3. The highest BCUT2D eigenvalue weighted by atomic mass is 16.6. The van der Waals surface area contributed by atoms with Gasteiger partial charge in [-0.25, -0.2) is 9.97 Å². The van der Waals surface area contributed by atoms with Gasteiger partial charge in [-0.05, 0) is 6.07 Å². The first kappa shape index (κ1) is 12.3. The number of anilines is 1. The van der Waals surface area contributed by atoms with Crippen LogP contribution in [0.4, 0.5) is 5.82 Å². The molecule has 2 aromatic rings. The molecule has 5 N–H and O–H groups in total. The number of aliphatic hydroxyl groups excluding tert-OH is 3. The highest BCUT2D eigenvalue weighted by Gasteiger charge is 2.43. The van der Waals surface area contributed by atoms with Gasteiger partial charge in [-0.3, -0.25) is 0 Å². The average molecular weight is 266 g/mol. The van der Waals surface area contributed by atoms with Crippen molar-refractivity contribution in [1.82, 2.24) is 14.5 Å². The quantitative estimate of drug-likeness (QED) is 0.528. The number of aromatic nitrogens is 3. The molecule has 0 aliphatic carbocycles. The third-order valence-corrected chi connectivity index (χ3v) is 3.33. The van der Waals surface area contributed by atoms with Gasteiger partial charge in [0.25, 0.3) is 0 Å². The Bertz CT molecular complexity index is 601. The largest absolute Gasteiger partial charge is 0.394 e. The van der Waals surface area contributed by atoms with Crippen molar-refractivity contribution in [3.05, 3.63) is 18.6 Å². The standard InChI is InChI=1S/C11H14N4O4/c12-9-5-1-2-15(10(5)14-4-13-9)11-8(18)7(17)6(3-16)19-11/h1-2,4,6-8,11,16-18H,3H2,(H2,12,13,14)/t6-,7?,8?,11+/m1/s1. The minimum absolute atomic E-state index is 0.329. The molecule has 2 aromatic heterocycles. The van der Waals surface area contributed by atoms with Crippen LogP contribution in [0.5, 0.6) is 0 Å². The maximum Gasteiger partial charge on any atom is 0.164 e. The lowest BCUT2D eigenvalue weighted by molar-refractivity contribution is -0.0508. The molecule has 3 heterocycles. The lowest BCUT2D eigenvalue weighted by Gasteiger charge is -2.17. The summed E-state index contributed by atoms with van der Waals surface area (Å²) in [7, 11) is 0. The summed E-state index contributed by atoms with van der Waals surface area (Å²) in [6.45, 7) is -0.370. The zero-order valence-electron chi connectivity index (χ0n) is 9.92. The van der Waals surface area contributed by atoms with E-state index >= 15 is 0 Å². The van der Waals surface area contributed by atoms with Gasteiger partial charge in [-0.15, -0.1) is 0 Å². The Labute approximate surface area is 108 Å². The number of nitrogens with zero attached hydrogens (tertiary/aromatic N) is 3. The van der Waals surface area contributed by atoms with E-state index in [4.69, 9.17) is 15.6 Å². The second-order valence-electron chi connectivity index (χ2n) is 4.45. The summed E-state index contributed by atoms with van der Waals surface area (Å²) in [6, 6.07) is 1.71. The Morgan fingerprint density at radius 3 is 2.79 bits per heavy atom. The van der Waals surface area contributed by atoms with Gasteiger partial charge in [0, 0.05) is 6.20 Å². The SMILES string of the molecule is Nc1ncnc2c1ccn2[C@H]1O[C@H](CO)C(O)C1O. The molecular weight excluding hydrogens is 252 g/mol. The van der Waals surface area contributed by atoms with Gasteiger partial charge in [0.15, 0.2) is 6.23 Å². The van der Waals surface area contributed by atoms with Crippen molar-refractivity contribution in [3.8, 4) is 0 Å². The van der Waals surface area contributed by atoms with Gasteiger partial charge >= 0.3 is 0 Å². The maximum atomic E-state index is 9.98. The molecule has 0 aromatic carbocycles. The summed E-state index contributed by atoms with van der Waals surface area (Å²) < 4.78 is 7.01. The van der Waals surface area contributed by atoms with Crippen molar-refractivity contribution < 1.29 is 20.1 Å². The number of fused-ring (bicyclic) bond motifs is 1. The number of rotatable bonds is 2. The van der Waals surface area contributed by atoms with E-state index in [-0.39, 0.29) is 6.61 Å². The molecule has 0 spiro atoms. The Kier molecular flexibility index (Phi) is 2.86. The van der Waals surface area contributed by atoms with Crippen molar-refractivity contribution >= 4 is 16.9 Å². The van der Waals surface area contributed by atoms with Crippen LogP contribution in [0.25, 0.3) is 11.0 Å². The van der Waals surface area contributed by atoms with Gasteiger partial charge in [0.05, 0.1) is 12.0 Å². The molecule has 0 saturated carbocycles. The zero-order chi connectivity index (χ0) is 13.6. The third-order valence-electron chi connectivity index (χ3n) is 3.33. The second kappa shape index (κ2) is 4.42. The molecule has 1 saturated heterocycles. The molecule has 3 rings (SSSR count). The van der Waals surface area contributed by atoms with Crippen LogP contribution in [0.3, 0.4) is 0 Å². The van der Waals surface area contributed by atoms with Gasteiger partial charge in [0.1, 0.15) is 36.1 Å². The Morgan fingerprint density at radius 1 is 1.32 bits per heavy atom. The molecule has 1 fully saturated rings. The number of hydrogen-bond acceptors (Lipinski definition) is 7. The van der Waals surface area contributed by atoms with E-state index in [0.29, 0.717) is 16.9 Å². The predicted molar refractivity (Wildman–Crippen MR) is 64.9 cm³/mol. The first-order valence-electron chi connectivity index (χ1n) is 5.83. The van der Waals surface area contributed by atoms with E-state index in [1.807, 2.05) is 0 Å². The van der Waals surface area contributed by atoms with E-state index in [0.717, 1.165) is 0 Å². The summed E-state index contributed by atoms with van der Waals surface area (Å²) in [5, 5.41) is 29.4. The number of nitrogens with two attached hydrogens (primary N) is 1. The van der Waals surface area contributed by atoms with E-state index in [2.05, 4.69) is 9.97 Å². The van der Waals surface area contributed by atoms with Crippen LogP contribution in [0, 0.1) is 0 Å². The minimum Gasteiger partial charge on any atom is -0.394 e. The van der Waals surface area contributed by atoms with Gasteiger partial charge in [0.2, 0.25) is 0 Å². The number of ether oxygens (including phenoxy) is 1. The van der Waals surface area contributed by atoms with Crippen LogP contribution < -0.4 is 5.73 Å². The Hall–Kier alpha value is -1.74.